The second-order valence-corrected chi connectivity index (χ2v) is 6.39. The van der Waals surface area contributed by atoms with Crippen LogP contribution in [0.4, 0.5) is 13.2 Å². The fourth-order valence-electron chi connectivity index (χ4n) is 3.61. The average Bonchev–Trinajstić information content (AvgIpc) is 2.52. The van der Waals surface area contributed by atoms with Crippen LogP contribution in [-0.2, 0) is 14.3 Å². The van der Waals surface area contributed by atoms with Gasteiger partial charge in [0.15, 0.2) is 5.78 Å². The van der Waals surface area contributed by atoms with Crippen LogP contribution in [0.1, 0.15) is 39.0 Å². The molecule has 0 aromatic carbocycles. The number of nitriles is 1. The van der Waals surface area contributed by atoms with Gasteiger partial charge in [0.05, 0.1) is 11.5 Å². The van der Waals surface area contributed by atoms with Gasteiger partial charge in [-0.25, -0.2) is 0 Å². The van der Waals surface area contributed by atoms with Crippen LogP contribution in [0.2, 0.25) is 0 Å². The predicted molar refractivity (Wildman–Crippen MR) is 80.1 cm³/mol. The fourth-order valence-corrected chi connectivity index (χ4v) is 3.61. The van der Waals surface area contributed by atoms with E-state index < -0.39 is 23.8 Å². The molecule has 1 aliphatic carbocycles. The van der Waals surface area contributed by atoms with Gasteiger partial charge >= 0.3 is 6.18 Å². The first-order valence-electron chi connectivity index (χ1n) is 8.04. The molecule has 0 saturated heterocycles. The summed E-state index contributed by atoms with van der Waals surface area (Å²) in [6.07, 6.45) is -3.98. The second-order valence-electron chi connectivity index (χ2n) is 6.39. The van der Waals surface area contributed by atoms with Gasteiger partial charge in [0.25, 0.3) is 5.95 Å². The number of ketones is 1. The van der Waals surface area contributed by atoms with Gasteiger partial charge in [-0.2, -0.15) is 18.4 Å². The highest BCUT2D eigenvalue weighted by Gasteiger charge is 2.46. The van der Waals surface area contributed by atoms with Crippen molar-refractivity contribution in [2.24, 2.45) is 11.7 Å². The molecule has 25 heavy (non-hydrogen) atoms. The molecule has 2 unspecified atom stereocenters. The summed E-state index contributed by atoms with van der Waals surface area (Å²) in [5.41, 5.74) is 4.91. The Kier molecular flexibility index (Phi) is 4.27. The van der Waals surface area contributed by atoms with Gasteiger partial charge < -0.3 is 15.2 Å². The van der Waals surface area contributed by atoms with Gasteiger partial charge in [-0.15, -0.1) is 0 Å². The number of Topliss-reactive ketones (excluding diaryl/α,β-unsaturated/α-hetero) is 1. The highest BCUT2D eigenvalue weighted by molar-refractivity contribution is 5.98. The Morgan fingerprint density at radius 3 is 2.60 bits per heavy atom. The summed E-state index contributed by atoms with van der Waals surface area (Å²) in [5.74, 6) is -2.01. The number of alkyl halides is 3. The van der Waals surface area contributed by atoms with E-state index in [9.17, 15) is 23.2 Å². The maximum atomic E-state index is 13.5. The molecule has 2 heterocycles. The van der Waals surface area contributed by atoms with Crippen LogP contribution in [0, 0.1) is 17.2 Å². The molecule has 3 rings (SSSR count). The van der Waals surface area contributed by atoms with Gasteiger partial charge in [0.2, 0.25) is 5.88 Å². The molecule has 8 heteroatoms. The molecular weight excluding hydrogens is 337 g/mol. The maximum absolute atomic E-state index is 13.5. The number of hydrogen-bond donors (Lipinski definition) is 1. The molecule has 0 aromatic heterocycles. The molecule has 3 aliphatic rings. The van der Waals surface area contributed by atoms with Crippen molar-refractivity contribution in [3.05, 3.63) is 34.1 Å². The van der Waals surface area contributed by atoms with E-state index in [4.69, 9.17) is 15.2 Å². The van der Waals surface area contributed by atoms with E-state index in [-0.39, 0.29) is 53.6 Å². The number of hydrogen-bond acceptors (Lipinski definition) is 5. The smallest absolute Gasteiger partial charge is 0.412 e. The van der Waals surface area contributed by atoms with Gasteiger partial charge in [-0.1, -0.05) is 0 Å². The highest BCUT2D eigenvalue weighted by atomic mass is 19.4. The molecule has 2 atom stereocenters. The van der Waals surface area contributed by atoms with E-state index >= 15 is 0 Å². The Morgan fingerprint density at radius 1 is 1.28 bits per heavy atom. The first kappa shape index (κ1) is 17.4. The Labute approximate surface area is 142 Å². The summed E-state index contributed by atoms with van der Waals surface area (Å²) >= 11 is 0. The van der Waals surface area contributed by atoms with Crippen molar-refractivity contribution in [1.29, 1.82) is 5.26 Å². The van der Waals surface area contributed by atoms with Gasteiger partial charge in [-0.05, 0) is 38.2 Å². The fraction of sp³-hybridized carbons (Fsp3) is 0.529. The number of ether oxygens (including phenoxy) is 2. The van der Waals surface area contributed by atoms with Crippen LogP contribution in [-0.4, -0.2) is 18.1 Å². The molecule has 5 nitrogen and oxygen atoms in total. The normalized spacial score (nSPS) is 27.6. The monoisotopic (exact) mass is 354 g/mol. The topological polar surface area (TPSA) is 85.3 Å². The first-order valence-corrected chi connectivity index (χ1v) is 8.04. The Balaban J connectivity index is 2.22. The molecule has 0 spiro atoms. The van der Waals surface area contributed by atoms with Crippen LogP contribution >= 0.6 is 0 Å². The predicted octanol–water partition coefficient (Wildman–Crippen LogP) is 3.35. The zero-order valence-corrected chi connectivity index (χ0v) is 13.6. The van der Waals surface area contributed by atoms with Crippen molar-refractivity contribution in [2.45, 2.75) is 51.3 Å². The lowest BCUT2D eigenvalue weighted by Crippen LogP contribution is -2.35. The minimum Gasteiger partial charge on any atom is -0.461 e. The molecule has 0 aromatic rings. The third-order valence-electron chi connectivity index (χ3n) is 4.67. The van der Waals surface area contributed by atoms with Gasteiger partial charge in [0.1, 0.15) is 17.7 Å². The van der Waals surface area contributed by atoms with Crippen molar-refractivity contribution in [2.75, 3.05) is 0 Å². The number of nitrogens with zero attached hydrogens (tertiary/aromatic N) is 1. The minimum atomic E-state index is -4.52. The Hall–Kier alpha value is -2.43. The molecule has 0 fully saturated rings. The molecular formula is C17H17F3N2O3. The third-order valence-corrected chi connectivity index (χ3v) is 4.67. The van der Waals surface area contributed by atoms with Gasteiger partial charge in [-0.3, -0.25) is 4.79 Å². The average molecular weight is 354 g/mol. The molecule has 2 N–H and O–H groups in total. The lowest BCUT2D eigenvalue weighted by molar-refractivity contribution is -0.123. The molecule has 0 radical (unpaired) electrons. The van der Waals surface area contributed by atoms with Crippen LogP contribution in [0.3, 0.4) is 0 Å². The largest absolute Gasteiger partial charge is 0.461 e. The lowest BCUT2D eigenvalue weighted by atomic mass is 9.74. The van der Waals surface area contributed by atoms with E-state index in [1.54, 1.807) is 6.92 Å². The Bertz CT molecular complexity index is 756. The lowest BCUT2D eigenvalue weighted by Gasteiger charge is -2.35. The van der Waals surface area contributed by atoms with Crippen molar-refractivity contribution in [3.8, 4) is 6.07 Å². The van der Waals surface area contributed by atoms with E-state index in [0.29, 0.717) is 12.8 Å². The standard InChI is InChI=1S/C17H17F3N2O3/c1-8-6-12(23)14-13(10(7-21)15(22)25-16(14)24-8)9-4-2-3-5-11(9)17(18,19)20/h8,13H,2-6,22H2,1H3. The summed E-state index contributed by atoms with van der Waals surface area (Å²) in [4.78, 5) is 12.5. The molecule has 0 amide bonds. The van der Waals surface area contributed by atoms with Gasteiger partial charge in [0, 0.05) is 12.0 Å². The van der Waals surface area contributed by atoms with Crippen LogP contribution in [0.15, 0.2) is 34.1 Å². The maximum Gasteiger partial charge on any atom is 0.412 e. The SMILES string of the molecule is CC1CC(=O)C2=C(OC(N)=C(C#N)C2C2=C(C(F)(F)F)CCCC2)O1. The van der Waals surface area contributed by atoms with Crippen LogP contribution in [0.25, 0.3) is 0 Å². The number of nitrogens with two attached hydrogens (primary N) is 1. The van der Waals surface area contributed by atoms with E-state index in [2.05, 4.69) is 0 Å². The number of allylic oxidation sites excluding steroid dienone is 4. The van der Waals surface area contributed by atoms with E-state index in [1.807, 2.05) is 6.07 Å². The summed E-state index contributed by atoms with van der Waals surface area (Å²) in [7, 11) is 0. The molecule has 2 aliphatic heterocycles. The summed E-state index contributed by atoms with van der Waals surface area (Å²) in [6.45, 7) is 1.65. The number of carbonyl (C=O) groups is 1. The first-order chi connectivity index (χ1) is 11.7. The minimum absolute atomic E-state index is 0.0198. The number of halogens is 3. The zero-order valence-electron chi connectivity index (χ0n) is 13.6. The van der Waals surface area contributed by atoms with Crippen molar-refractivity contribution in [1.82, 2.24) is 0 Å². The van der Waals surface area contributed by atoms with Crippen LogP contribution in [0.5, 0.6) is 0 Å². The van der Waals surface area contributed by atoms with Crippen molar-refractivity contribution >= 4 is 5.78 Å². The second kappa shape index (κ2) is 6.14. The molecule has 0 saturated carbocycles. The van der Waals surface area contributed by atoms with Crippen molar-refractivity contribution < 1.29 is 27.4 Å². The summed E-state index contributed by atoms with van der Waals surface area (Å²) < 4.78 is 51.2. The zero-order chi connectivity index (χ0) is 18.4. The Morgan fingerprint density at radius 2 is 1.96 bits per heavy atom. The van der Waals surface area contributed by atoms with Crippen molar-refractivity contribution in [3.63, 3.8) is 0 Å². The summed E-state index contributed by atoms with van der Waals surface area (Å²) in [5, 5.41) is 9.43. The summed E-state index contributed by atoms with van der Waals surface area (Å²) in [6, 6.07) is 1.82. The molecule has 0 bridgehead atoms. The van der Waals surface area contributed by atoms with E-state index in [1.165, 1.54) is 0 Å². The molecule has 134 valence electrons. The quantitative estimate of drug-likeness (QED) is 0.730. The highest BCUT2D eigenvalue weighted by Crippen LogP contribution is 2.47. The number of rotatable bonds is 1. The number of carbonyl (C=O) groups excluding carboxylic acids is 1. The third kappa shape index (κ3) is 2.99. The van der Waals surface area contributed by atoms with E-state index in [0.717, 1.165) is 0 Å². The van der Waals surface area contributed by atoms with Crippen LogP contribution < -0.4 is 5.73 Å².